The van der Waals surface area contributed by atoms with Crippen LogP contribution in [-0.4, -0.2) is 48.8 Å². The Morgan fingerprint density at radius 2 is 2.00 bits per heavy atom. The number of anilines is 1. The highest BCUT2D eigenvalue weighted by molar-refractivity contribution is 5.96. The summed E-state index contributed by atoms with van der Waals surface area (Å²) in [7, 11) is 1.28. The van der Waals surface area contributed by atoms with E-state index >= 15 is 0 Å². The van der Waals surface area contributed by atoms with E-state index < -0.39 is 5.97 Å². The van der Waals surface area contributed by atoms with Gasteiger partial charge < -0.3 is 19.8 Å². The molecule has 0 aliphatic carbocycles. The van der Waals surface area contributed by atoms with Gasteiger partial charge in [0.05, 0.1) is 24.0 Å². The molecule has 1 aliphatic heterocycles. The molecule has 0 bridgehead atoms. The molecule has 3 rings (SSSR count). The number of rotatable bonds is 6. The Morgan fingerprint density at radius 1 is 1.26 bits per heavy atom. The molecule has 0 saturated carbocycles. The number of carbonyl (C=O) groups is 1. The molecule has 0 unspecified atom stereocenters. The number of hydrogen-bond donors (Lipinski definition) is 1. The minimum Gasteiger partial charge on any atom is -0.490 e. The maximum atomic E-state index is 12.2. The van der Waals surface area contributed by atoms with Crippen molar-refractivity contribution in [2.75, 3.05) is 39.1 Å². The Hall–Kier alpha value is -2.98. The molecule has 7 heteroatoms. The van der Waals surface area contributed by atoms with Gasteiger partial charge in [0.25, 0.3) is 0 Å². The molecule has 1 aliphatic rings. The van der Waals surface area contributed by atoms with Gasteiger partial charge in [0, 0.05) is 12.7 Å². The second-order valence-corrected chi connectivity index (χ2v) is 6.50. The van der Waals surface area contributed by atoms with Crippen LogP contribution in [0, 0.1) is 11.3 Å². The Bertz CT molecular complexity index is 847. The normalized spacial score (nSPS) is 14.5. The number of para-hydroxylation sites is 2. The number of nitrogens with two attached hydrogens (primary N) is 1. The van der Waals surface area contributed by atoms with Gasteiger partial charge in [0.2, 0.25) is 0 Å². The van der Waals surface area contributed by atoms with Crippen molar-refractivity contribution in [2.24, 2.45) is 0 Å². The Balaban J connectivity index is 1.85. The molecule has 1 aromatic heterocycles. The van der Waals surface area contributed by atoms with Crippen LogP contribution in [0.2, 0.25) is 0 Å². The van der Waals surface area contributed by atoms with Crippen molar-refractivity contribution in [3.63, 3.8) is 0 Å². The minimum atomic E-state index is -0.600. The summed E-state index contributed by atoms with van der Waals surface area (Å²) in [5, 5.41) is 9.28. The summed E-state index contributed by atoms with van der Waals surface area (Å²) in [6, 6.07) is 9.39. The lowest BCUT2D eigenvalue weighted by Gasteiger charge is -2.26. The molecule has 2 heterocycles. The van der Waals surface area contributed by atoms with Crippen molar-refractivity contribution in [3.05, 3.63) is 41.7 Å². The van der Waals surface area contributed by atoms with Gasteiger partial charge in [-0.1, -0.05) is 18.6 Å². The second-order valence-electron chi connectivity index (χ2n) is 6.50. The minimum absolute atomic E-state index is 0.104. The van der Waals surface area contributed by atoms with E-state index in [4.69, 9.17) is 15.2 Å². The van der Waals surface area contributed by atoms with Gasteiger partial charge in [-0.3, -0.25) is 4.90 Å². The Kier molecular flexibility index (Phi) is 5.99. The standard InChI is InChI=1S/C20H24N4O3/c1-26-20(25)19-18(22)15(13-21)14-24(19)16-7-3-4-8-17(16)27-12-11-23-9-5-2-6-10-23/h3-4,7-8,14H,2,5-6,9-12,22H2,1H3. The van der Waals surface area contributed by atoms with E-state index in [-0.39, 0.29) is 16.9 Å². The van der Waals surface area contributed by atoms with Gasteiger partial charge in [-0.25, -0.2) is 4.79 Å². The van der Waals surface area contributed by atoms with E-state index in [1.807, 2.05) is 30.3 Å². The van der Waals surface area contributed by atoms with E-state index in [0.29, 0.717) is 18.0 Å². The molecule has 27 heavy (non-hydrogen) atoms. The highest BCUT2D eigenvalue weighted by atomic mass is 16.5. The summed E-state index contributed by atoms with van der Waals surface area (Å²) in [5.41, 5.74) is 7.08. The smallest absolute Gasteiger partial charge is 0.357 e. The van der Waals surface area contributed by atoms with Crippen LogP contribution >= 0.6 is 0 Å². The number of ether oxygens (including phenoxy) is 2. The summed E-state index contributed by atoms with van der Waals surface area (Å²) in [5.74, 6) is 0.0243. The van der Waals surface area contributed by atoms with Crippen LogP contribution in [0.15, 0.2) is 30.5 Å². The molecule has 1 aromatic carbocycles. The van der Waals surface area contributed by atoms with Gasteiger partial charge in [0.1, 0.15) is 18.4 Å². The molecule has 1 fully saturated rings. The molecule has 0 amide bonds. The Morgan fingerprint density at radius 3 is 2.70 bits per heavy atom. The molecular weight excluding hydrogens is 344 g/mol. The topological polar surface area (TPSA) is 93.5 Å². The van der Waals surface area contributed by atoms with Crippen LogP contribution in [-0.2, 0) is 4.74 Å². The first-order valence-corrected chi connectivity index (χ1v) is 9.09. The van der Waals surface area contributed by atoms with Crippen LogP contribution < -0.4 is 10.5 Å². The van der Waals surface area contributed by atoms with Gasteiger partial charge in [-0.05, 0) is 38.1 Å². The van der Waals surface area contributed by atoms with Crippen LogP contribution in [0.1, 0.15) is 35.3 Å². The fourth-order valence-electron chi connectivity index (χ4n) is 3.35. The number of esters is 1. The van der Waals surface area contributed by atoms with Gasteiger partial charge in [0.15, 0.2) is 5.69 Å². The van der Waals surface area contributed by atoms with Crippen molar-refractivity contribution in [3.8, 4) is 17.5 Å². The number of nitrogen functional groups attached to an aromatic ring is 1. The first-order chi connectivity index (χ1) is 13.2. The zero-order valence-corrected chi connectivity index (χ0v) is 15.5. The lowest BCUT2D eigenvalue weighted by atomic mass is 10.1. The molecule has 1 saturated heterocycles. The molecule has 7 nitrogen and oxygen atoms in total. The zero-order chi connectivity index (χ0) is 19.2. The molecule has 2 N–H and O–H groups in total. The number of benzene rings is 1. The van der Waals surface area contributed by atoms with E-state index in [2.05, 4.69) is 4.90 Å². The fourth-order valence-corrected chi connectivity index (χ4v) is 3.35. The molecule has 142 valence electrons. The number of carbonyl (C=O) groups excluding carboxylic acids is 1. The van der Waals surface area contributed by atoms with Crippen molar-refractivity contribution < 1.29 is 14.3 Å². The SMILES string of the molecule is COC(=O)c1c(N)c(C#N)cn1-c1ccccc1OCCN1CCCCC1. The van der Waals surface area contributed by atoms with Gasteiger partial charge >= 0.3 is 5.97 Å². The quantitative estimate of drug-likeness (QED) is 0.788. The Labute approximate surface area is 158 Å². The first-order valence-electron chi connectivity index (χ1n) is 9.09. The van der Waals surface area contributed by atoms with Crippen molar-refractivity contribution in [1.82, 2.24) is 9.47 Å². The number of likely N-dealkylation sites (tertiary alicyclic amines) is 1. The zero-order valence-electron chi connectivity index (χ0n) is 15.5. The van der Waals surface area contributed by atoms with E-state index in [9.17, 15) is 10.1 Å². The largest absolute Gasteiger partial charge is 0.490 e. The van der Waals surface area contributed by atoms with Crippen LogP contribution in [0.4, 0.5) is 5.69 Å². The first kappa shape index (κ1) is 18.8. The maximum absolute atomic E-state index is 12.2. The van der Waals surface area contributed by atoms with E-state index in [1.54, 1.807) is 4.57 Å². The number of hydrogen-bond acceptors (Lipinski definition) is 6. The summed E-state index contributed by atoms with van der Waals surface area (Å²) >= 11 is 0. The van der Waals surface area contributed by atoms with Crippen LogP contribution in [0.5, 0.6) is 5.75 Å². The van der Waals surface area contributed by atoms with Gasteiger partial charge in [-0.2, -0.15) is 5.26 Å². The monoisotopic (exact) mass is 368 g/mol. The number of nitrogens with zero attached hydrogens (tertiary/aromatic N) is 3. The van der Waals surface area contributed by atoms with Crippen molar-refractivity contribution >= 4 is 11.7 Å². The summed E-state index contributed by atoms with van der Waals surface area (Å²) in [4.78, 5) is 14.6. The number of piperidine rings is 1. The average Bonchev–Trinajstić information content (AvgIpc) is 3.05. The van der Waals surface area contributed by atoms with Crippen LogP contribution in [0.25, 0.3) is 5.69 Å². The number of nitriles is 1. The summed E-state index contributed by atoms with van der Waals surface area (Å²) in [6.07, 6.45) is 5.30. The van der Waals surface area contributed by atoms with Crippen LogP contribution in [0.3, 0.4) is 0 Å². The molecular formula is C20H24N4O3. The van der Waals surface area contributed by atoms with Gasteiger partial charge in [-0.15, -0.1) is 0 Å². The molecule has 0 radical (unpaired) electrons. The van der Waals surface area contributed by atoms with Crippen molar-refractivity contribution in [2.45, 2.75) is 19.3 Å². The molecule has 2 aromatic rings. The summed E-state index contributed by atoms with van der Waals surface area (Å²) < 4.78 is 12.4. The third kappa shape index (κ3) is 4.07. The van der Waals surface area contributed by atoms with E-state index in [1.165, 1.54) is 32.6 Å². The number of methoxy groups -OCH3 is 1. The predicted molar refractivity (Wildman–Crippen MR) is 102 cm³/mol. The lowest BCUT2D eigenvalue weighted by Crippen LogP contribution is -2.33. The summed E-state index contributed by atoms with van der Waals surface area (Å²) in [6.45, 7) is 3.62. The van der Waals surface area contributed by atoms with Crippen molar-refractivity contribution in [1.29, 1.82) is 5.26 Å². The maximum Gasteiger partial charge on any atom is 0.357 e. The number of aromatic nitrogens is 1. The molecule has 0 spiro atoms. The fraction of sp³-hybridized carbons (Fsp3) is 0.400. The predicted octanol–water partition coefficient (Wildman–Crippen LogP) is 2.58. The second kappa shape index (κ2) is 8.60. The average molecular weight is 368 g/mol. The third-order valence-corrected chi connectivity index (χ3v) is 4.78. The van der Waals surface area contributed by atoms with E-state index in [0.717, 1.165) is 19.6 Å². The third-order valence-electron chi connectivity index (χ3n) is 4.78. The molecule has 0 atom stereocenters. The highest BCUT2D eigenvalue weighted by Gasteiger charge is 2.23. The lowest BCUT2D eigenvalue weighted by molar-refractivity contribution is 0.0593. The highest BCUT2D eigenvalue weighted by Crippen LogP contribution is 2.30.